The highest BCUT2D eigenvalue weighted by Crippen LogP contribution is 2.32. The second-order valence-electron chi connectivity index (χ2n) is 4.71. The predicted molar refractivity (Wildman–Crippen MR) is 81.4 cm³/mol. The number of nitrogens with one attached hydrogen (secondary N) is 1. The molecule has 2 rings (SSSR count). The molecule has 0 atom stereocenters. The van der Waals surface area contributed by atoms with Crippen molar-refractivity contribution in [2.24, 2.45) is 0 Å². The standard InChI is InChI=1S/C15H15F2NO4S/c1-9-4-5-10(6-11(9)16)18-23(19,20)15-8-14(22-3)13(21-2)7-12(15)17/h4-8,18H,1-3H3. The van der Waals surface area contributed by atoms with Gasteiger partial charge in [-0.25, -0.2) is 17.2 Å². The highest BCUT2D eigenvalue weighted by Gasteiger charge is 2.23. The number of halogens is 2. The van der Waals surface area contributed by atoms with Gasteiger partial charge < -0.3 is 9.47 Å². The van der Waals surface area contributed by atoms with Gasteiger partial charge in [0.15, 0.2) is 11.5 Å². The monoisotopic (exact) mass is 343 g/mol. The quantitative estimate of drug-likeness (QED) is 0.906. The first-order valence-corrected chi connectivity index (χ1v) is 7.97. The summed E-state index contributed by atoms with van der Waals surface area (Å²) in [5.74, 6) is -1.46. The molecule has 0 amide bonds. The summed E-state index contributed by atoms with van der Waals surface area (Å²) in [5, 5.41) is 0. The number of hydrogen-bond donors (Lipinski definition) is 1. The van der Waals surface area contributed by atoms with Crippen molar-refractivity contribution >= 4 is 15.7 Å². The number of anilines is 1. The van der Waals surface area contributed by atoms with E-state index >= 15 is 0 Å². The van der Waals surface area contributed by atoms with E-state index in [1.165, 1.54) is 26.4 Å². The molecule has 0 aromatic heterocycles. The average molecular weight is 343 g/mol. The lowest BCUT2D eigenvalue weighted by Gasteiger charge is -2.13. The van der Waals surface area contributed by atoms with Crippen LogP contribution in [-0.4, -0.2) is 22.6 Å². The second-order valence-corrected chi connectivity index (χ2v) is 6.36. The molecular weight excluding hydrogens is 328 g/mol. The van der Waals surface area contributed by atoms with Crippen LogP contribution in [0.15, 0.2) is 35.2 Å². The Hall–Kier alpha value is -2.35. The molecule has 2 aromatic rings. The van der Waals surface area contributed by atoms with E-state index in [4.69, 9.17) is 9.47 Å². The van der Waals surface area contributed by atoms with Crippen molar-refractivity contribution in [3.8, 4) is 11.5 Å². The summed E-state index contributed by atoms with van der Waals surface area (Å²) in [6.45, 7) is 1.54. The average Bonchev–Trinajstić information content (AvgIpc) is 2.50. The van der Waals surface area contributed by atoms with Crippen LogP contribution in [0.5, 0.6) is 11.5 Å². The van der Waals surface area contributed by atoms with Crippen LogP contribution < -0.4 is 14.2 Å². The Bertz CT molecular complexity index is 838. The number of aryl methyl sites for hydroxylation is 1. The number of methoxy groups -OCH3 is 2. The smallest absolute Gasteiger partial charge is 0.264 e. The number of rotatable bonds is 5. The molecule has 0 unspecified atom stereocenters. The molecule has 0 aliphatic rings. The topological polar surface area (TPSA) is 64.6 Å². The molecule has 0 bridgehead atoms. The molecule has 2 aromatic carbocycles. The Labute approximate surface area is 132 Å². The molecule has 0 saturated heterocycles. The summed E-state index contributed by atoms with van der Waals surface area (Å²) < 4.78 is 64.2. The Morgan fingerprint density at radius 3 is 2.13 bits per heavy atom. The highest BCUT2D eigenvalue weighted by atomic mass is 32.2. The van der Waals surface area contributed by atoms with E-state index < -0.39 is 26.6 Å². The van der Waals surface area contributed by atoms with Crippen LogP contribution in [0, 0.1) is 18.6 Å². The minimum Gasteiger partial charge on any atom is -0.493 e. The number of sulfonamides is 1. The first kappa shape index (κ1) is 17.0. The van der Waals surface area contributed by atoms with Gasteiger partial charge in [0.05, 0.1) is 19.9 Å². The molecule has 0 spiro atoms. The molecule has 8 heteroatoms. The third-order valence-electron chi connectivity index (χ3n) is 3.15. The third-order valence-corrected chi connectivity index (χ3v) is 4.55. The fourth-order valence-corrected chi connectivity index (χ4v) is 3.03. The van der Waals surface area contributed by atoms with Crippen LogP contribution in [0.1, 0.15) is 5.56 Å². The van der Waals surface area contributed by atoms with E-state index in [1.807, 2.05) is 0 Å². The van der Waals surface area contributed by atoms with Crippen molar-refractivity contribution < 1.29 is 26.7 Å². The maximum atomic E-state index is 14.1. The Morgan fingerprint density at radius 1 is 0.957 bits per heavy atom. The Morgan fingerprint density at radius 2 is 1.57 bits per heavy atom. The van der Waals surface area contributed by atoms with E-state index in [-0.39, 0.29) is 17.2 Å². The molecule has 1 N–H and O–H groups in total. The van der Waals surface area contributed by atoms with Crippen LogP contribution in [-0.2, 0) is 10.0 Å². The van der Waals surface area contributed by atoms with Crippen molar-refractivity contribution in [2.45, 2.75) is 11.8 Å². The summed E-state index contributed by atoms with van der Waals surface area (Å²) in [5.41, 5.74) is 0.354. The molecule has 124 valence electrons. The van der Waals surface area contributed by atoms with E-state index in [0.717, 1.165) is 18.2 Å². The molecule has 0 aliphatic heterocycles. The fraction of sp³-hybridized carbons (Fsp3) is 0.200. The Kier molecular flexibility index (Phi) is 4.74. The van der Waals surface area contributed by atoms with Gasteiger partial charge in [0.25, 0.3) is 10.0 Å². The third kappa shape index (κ3) is 3.53. The van der Waals surface area contributed by atoms with Crippen LogP contribution in [0.2, 0.25) is 0 Å². The second kappa shape index (κ2) is 6.41. The number of hydrogen-bond acceptors (Lipinski definition) is 4. The summed E-state index contributed by atoms with van der Waals surface area (Å²) in [6, 6.07) is 5.72. The van der Waals surface area contributed by atoms with Gasteiger partial charge in [0, 0.05) is 12.1 Å². The van der Waals surface area contributed by atoms with Crippen molar-refractivity contribution in [3.63, 3.8) is 0 Å². The van der Waals surface area contributed by atoms with Gasteiger partial charge in [-0.15, -0.1) is 0 Å². The lowest BCUT2D eigenvalue weighted by molar-refractivity contribution is 0.350. The molecule has 0 radical (unpaired) electrons. The number of ether oxygens (including phenoxy) is 2. The first-order chi connectivity index (χ1) is 10.8. The molecule has 0 aliphatic carbocycles. The molecule has 23 heavy (non-hydrogen) atoms. The van der Waals surface area contributed by atoms with E-state index in [9.17, 15) is 17.2 Å². The van der Waals surface area contributed by atoms with Crippen molar-refractivity contribution in [1.29, 1.82) is 0 Å². The van der Waals surface area contributed by atoms with Gasteiger partial charge in [-0.05, 0) is 24.6 Å². The van der Waals surface area contributed by atoms with E-state index in [0.29, 0.717) is 5.56 Å². The van der Waals surface area contributed by atoms with Gasteiger partial charge >= 0.3 is 0 Å². The zero-order chi connectivity index (χ0) is 17.2. The van der Waals surface area contributed by atoms with Gasteiger partial charge in [0.1, 0.15) is 16.5 Å². The summed E-state index contributed by atoms with van der Waals surface area (Å²) >= 11 is 0. The van der Waals surface area contributed by atoms with Gasteiger partial charge in [0.2, 0.25) is 0 Å². The van der Waals surface area contributed by atoms with Crippen LogP contribution >= 0.6 is 0 Å². The van der Waals surface area contributed by atoms with Gasteiger partial charge in [-0.3, -0.25) is 4.72 Å². The first-order valence-electron chi connectivity index (χ1n) is 6.49. The van der Waals surface area contributed by atoms with Crippen LogP contribution in [0.4, 0.5) is 14.5 Å². The molecular formula is C15H15F2NO4S. The molecule has 0 heterocycles. The normalized spacial score (nSPS) is 11.2. The SMILES string of the molecule is COc1cc(F)c(S(=O)(=O)Nc2ccc(C)c(F)c2)cc1OC. The minimum atomic E-state index is -4.26. The zero-order valence-electron chi connectivity index (χ0n) is 12.7. The summed E-state index contributed by atoms with van der Waals surface area (Å²) in [7, 11) is -1.65. The zero-order valence-corrected chi connectivity index (χ0v) is 13.5. The van der Waals surface area contributed by atoms with Crippen LogP contribution in [0.25, 0.3) is 0 Å². The maximum absolute atomic E-state index is 14.1. The van der Waals surface area contributed by atoms with Crippen molar-refractivity contribution in [1.82, 2.24) is 0 Å². The van der Waals surface area contributed by atoms with Gasteiger partial charge in [-0.2, -0.15) is 0 Å². The van der Waals surface area contributed by atoms with E-state index in [2.05, 4.69) is 4.72 Å². The largest absolute Gasteiger partial charge is 0.493 e. The Balaban J connectivity index is 2.45. The summed E-state index contributed by atoms with van der Waals surface area (Å²) in [4.78, 5) is -0.629. The van der Waals surface area contributed by atoms with Crippen molar-refractivity contribution in [3.05, 3.63) is 47.5 Å². The summed E-state index contributed by atoms with van der Waals surface area (Å²) in [6.07, 6.45) is 0. The van der Waals surface area contributed by atoms with Crippen molar-refractivity contribution in [2.75, 3.05) is 18.9 Å². The predicted octanol–water partition coefficient (Wildman–Crippen LogP) is 3.09. The number of benzene rings is 2. The molecule has 5 nitrogen and oxygen atoms in total. The van der Waals surface area contributed by atoms with Crippen LogP contribution in [0.3, 0.4) is 0 Å². The highest BCUT2D eigenvalue weighted by molar-refractivity contribution is 7.92. The van der Waals surface area contributed by atoms with Gasteiger partial charge in [-0.1, -0.05) is 6.07 Å². The minimum absolute atomic E-state index is 0.0118. The maximum Gasteiger partial charge on any atom is 0.264 e. The van der Waals surface area contributed by atoms with E-state index in [1.54, 1.807) is 6.92 Å². The molecule has 0 fully saturated rings. The molecule has 0 saturated carbocycles. The lowest BCUT2D eigenvalue weighted by atomic mass is 10.2. The fourth-order valence-electron chi connectivity index (χ4n) is 1.91. The lowest BCUT2D eigenvalue weighted by Crippen LogP contribution is -2.15.